The van der Waals surface area contributed by atoms with Gasteiger partial charge in [-0.1, -0.05) is 47.1 Å². The van der Waals surface area contributed by atoms with Gasteiger partial charge in [-0.05, 0) is 55.8 Å². The first-order valence-electron chi connectivity index (χ1n) is 11.1. The topological polar surface area (TPSA) is 80.5 Å². The second-order valence-corrected chi connectivity index (χ2v) is 8.26. The van der Waals surface area contributed by atoms with Crippen molar-refractivity contribution in [2.24, 2.45) is 0 Å². The molecule has 4 aromatic rings. The van der Waals surface area contributed by atoms with Crippen molar-refractivity contribution in [2.45, 2.75) is 19.9 Å². The Morgan fingerprint density at radius 1 is 1.03 bits per heavy atom. The number of aryl methyl sites for hydroxylation is 1. The van der Waals surface area contributed by atoms with Crippen LogP contribution in [0.15, 0.2) is 83.0 Å². The summed E-state index contributed by atoms with van der Waals surface area (Å²) >= 11 is 0. The summed E-state index contributed by atoms with van der Waals surface area (Å²) in [5.41, 5.74) is 4.26. The van der Waals surface area contributed by atoms with E-state index in [1.807, 2.05) is 55.5 Å². The van der Waals surface area contributed by atoms with E-state index in [1.165, 1.54) is 17.0 Å². The summed E-state index contributed by atoms with van der Waals surface area (Å²) in [6, 6.07) is 20.1. The molecular weight excluding hydrogens is 447 g/mol. The third kappa shape index (κ3) is 4.26. The fourth-order valence-corrected chi connectivity index (χ4v) is 4.23. The van der Waals surface area contributed by atoms with E-state index < -0.39 is 17.9 Å². The molecule has 0 bridgehead atoms. The van der Waals surface area contributed by atoms with Crippen LogP contribution in [0.25, 0.3) is 17.0 Å². The van der Waals surface area contributed by atoms with Crippen molar-refractivity contribution in [3.8, 4) is 17.1 Å². The molecular formula is C27H23FN4O3. The van der Waals surface area contributed by atoms with E-state index in [2.05, 4.69) is 15.5 Å². The third-order valence-corrected chi connectivity index (χ3v) is 5.93. The Labute approximate surface area is 201 Å². The number of urea groups is 1. The number of methoxy groups -OCH3 is 1. The van der Waals surface area contributed by atoms with E-state index in [1.54, 1.807) is 26.2 Å². The smallest absolute Gasteiger partial charge is 0.327 e. The highest BCUT2D eigenvalue weighted by molar-refractivity contribution is 6.01. The van der Waals surface area contributed by atoms with E-state index in [9.17, 15) is 9.18 Å². The van der Waals surface area contributed by atoms with Gasteiger partial charge in [-0.15, -0.1) is 0 Å². The zero-order chi connectivity index (χ0) is 24.5. The number of allylic oxidation sites excluding steroid dienone is 1. The van der Waals surface area contributed by atoms with Crippen LogP contribution < -0.4 is 15.0 Å². The van der Waals surface area contributed by atoms with Crippen LogP contribution in [0, 0.1) is 12.7 Å². The molecule has 5 rings (SSSR count). The van der Waals surface area contributed by atoms with E-state index in [0.717, 1.165) is 16.7 Å². The highest BCUT2D eigenvalue weighted by atomic mass is 19.1. The Balaban J connectivity index is 1.65. The maximum absolute atomic E-state index is 14.0. The summed E-state index contributed by atoms with van der Waals surface area (Å²) in [6.45, 7) is 3.77. The van der Waals surface area contributed by atoms with Crippen LogP contribution in [0.3, 0.4) is 0 Å². The van der Waals surface area contributed by atoms with Gasteiger partial charge in [-0.25, -0.2) is 9.18 Å². The summed E-state index contributed by atoms with van der Waals surface area (Å²) in [5.74, 6) is 0.952. The van der Waals surface area contributed by atoms with Crippen molar-refractivity contribution in [1.82, 2.24) is 15.5 Å². The van der Waals surface area contributed by atoms with E-state index >= 15 is 0 Å². The minimum atomic E-state index is -0.566. The number of nitrogens with zero attached hydrogens (tertiary/aromatic N) is 3. The zero-order valence-electron chi connectivity index (χ0n) is 19.4. The van der Waals surface area contributed by atoms with Gasteiger partial charge in [0.25, 0.3) is 5.89 Å². The van der Waals surface area contributed by atoms with Gasteiger partial charge in [-0.2, -0.15) is 4.98 Å². The molecule has 0 aliphatic carbocycles. The van der Waals surface area contributed by atoms with Crippen LogP contribution in [0.4, 0.5) is 14.9 Å². The van der Waals surface area contributed by atoms with Gasteiger partial charge in [-0.3, -0.25) is 4.90 Å². The first-order valence-corrected chi connectivity index (χ1v) is 11.1. The van der Waals surface area contributed by atoms with Crippen molar-refractivity contribution < 1.29 is 18.4 Å². The van der Waals surface area contributed by atoms with Crippen LogP contribution in [-0.2, 0) is 0 Å². The highest BCUT2D eigenvalue weighted by Crippen LogP contribution is 2.39. The molecule has 176 valence electrons. The van der Waals surface area contributed by atoms with E-state index in [-0.39, 0.29) is 5.89 Å². The molecule has 1 aliphatic rings. The second-order valence-electron chi connectivity index (χ2n) is 8.26. The van der Waals surface area contributed by atoms with Crippen molar-refractivity contribution in [2.75, 3.05) is 12.0 Å². The standard InChI is InChI=1S/C27H23FN4O3/c1-16-6-4-7-19(14-16)25-30-26(35-31-25)23-17(2)32(21-9-5-8-20(28)15-21)27(33)29-24(23)18-10-12-22(34-3)13-11-18/h4-15,24H,1-3H3,(H,29,33). The molecule has 0 spiro atoms. The summed E-state index contributed by atoms with van der Waals surface area (Å²) in [6.07, 6.45) is 0. The molecule has 35 heavy (non-hydrogen) atoms. The number of nitrogens with one attached hydrogen (secondary N) is 1. The number of anilines is 1. The molecule has 1 unspecified atom stereocenters. The van der Waals surface area contributed by atoms with E-state index in [0.29, 0.717) is 28.5 Å². The predicted octanol–water partition coefficient (Wildman–Crippen LogP) is 5.89. The second kappa shape index (κ2) is 9.06. The third-order valence-electron chi connectivity index (χ3n) is 5.93. The lowest BCUT2D eigenvalue weighted by molar-refractivity contribution is 0.244. The number of hydrogen-bond acceptors (Lipinski definition) is 5. The SMILES string of the molecule is COc1ccc(C2NC(=O)N(c3cccc(F)c3)C(C)=C2c2nc(-c3cccc(C)c3)no2)cc1. The molecule has 1 atom stereocenters. The number of rotatable bonds is 5. The lowest BCUT2D eigenvalue weighted by Gasteiger charge is -2.35. The van der Waals surface area contributed by atoms with E-state index in [4.69, 9.17) is 9.26 Å². The molecule has 1 aliphatic heterocycles. The van der Waals surface area contributed by atoms with Gasteiger partial charge in [0.2, 0.25) is 5.82 Å². The molecule has 2 heterocycles. The summed E-state index contributed by atoms with van der Waals surface area (Å²) < 4.78 is 25.0. The number of ether oxygens (including phenoxy) is 1. The highest BCUT2D eigenvalue weighted by Gasteiger charge is 2.36. The first kappa shape index (κ1) is 22.3. The van der Waals surface area contributed by atoms with Crippen LogP contribution in [0.2, 0.25) is 0 Å². The van der Waals surface area contributed by atoms with Gasteiger partial charge in [0.15, 0.2) is 0 Å². The van der Waals surface area contributed by atoms with Crippen molar-refractivity contribution >= 4 is 17.3 Å². The Hall–Kier alpha value is -4.46. The van der Waals surface area contributed by atoms with Gasteiger partial charge in [0.05, 0.1) is 24.4 Å². The van der Waals surface area contributed by atoms with Crippen LogP contribution in [-0.4, -0.2) is 23.3 Å². The molecule has 0 fully saturated rings. The van der Waals surface area contributed by atoms with Gasteiger partial charge >= 0.3 is 6.03 Å². The van der Waals surface area contributed by atoms with Crippen molar-refractivity contribution in [3.05, 3.63) is 101 Å². The average Bonchev–Trinajstić information content (AvgIpc) is 3.34. The fourth-order valence-electron chi connectivity index (χ4n) is 4.23. The molecule has 8 heteroatoms. The molecule has 7 nitrogen and oxygen atoms in total. The number of carbonyl (C=O) groups is 1. The molecule has 0 radical (unpaired) electrons. The Bertz CT molecular complexity index is 1430. The Kier molecular flexibility index (Phi) is 5.78. The molecule has 1 aromatic heterocycles. The Morgan fingerprint density at radius 2 is 1.80 bits per heavy atom. The van der Waals surface area contributed by atoms with Crippen LogP contribution in [0.1, 0.15) is 30.0 Å². The Morgan fingerprint density at radius 3 is 2.51 bits per heavy atom. The fraction of sp³-hybridized carbons (Fsp3) is 0.148. The number of aromatic nitrogens is 2. The lowest BCUT2D eigenvalue weighted by Crippen LogP contribution is -2.46. The zero-order valence-corrected chi connectivity index (χ0v) is 19.4. The molecule has 3 aromatic carbocycles. The quantitative estimate of drug-likeness (QED) is 0.393. The molecule has 2 amide bonds. The van der Waals surface area contributed by atoms with Gasteiger partial charge in [0.1, 0.15) is 11.6 Å². The normalized spacial score (nSPS) is 15.8. The molecule has 0 saturated carbocycles. The molecule has 1 N–H and O–H groups in total. The number of halogens is 1. The van der Waals surface area contributed by atoms with Gasteiger partial charge < -0.3 is 14.6 Å². The largest absolute Gasteiger partial charge is 0.497 e. The average molecular weight is 471 g/mol. The molecule has 0 saturated heterocycles. The minimum Gasteiger partial charge on any atom is -0.497 e. The maximum Gasteiger partial charge on any atom is 0.327 e. The summed E-state index contributed by atoms with van der Waals surface area (Å²) in [5, 5.41) is 7.21. The lowest BCUT2D eigenvalue weighted by atomic mass is 9.94. The van der Waals surface area contributed by atoms with Crippen LogP contribution >= 0.6 is 0 Å². The number of hydrogen-bond donors (Lipinski definition) is 1. The first-order chi connectivity index (χ1) is 16.9. The van der Waals surface area contributed by atoms with Gasteiger partial charge in [0, 0.05) is 11.3 Å². The monoisotopic (exact) mass is 470 g/mol. The number of carbonyl (C=O) groups excluding carboxylic acids is 1. The van der Waals surface area contributed by atoms with Crippen LogP contribution in [0.5, 0.6) is 5.75 Å². The maximum atomic E-state index is 14.0. The summed E-state index contributed by atoms with van der Waals surface area (Å²) in [7, 11) is 1.59. The summed E-state index contributed by atoms with van der Waals surface area (Å²) in [4.78, 5) is 19.3. The minimum absolute atomic E-state index is 0.265. The number of benzene rings is 3. The van der Waals surface area contributed by atoms with Crippen molar-refractivity contribution in [3.63, 3.8) is 0 Å². The van der Waals surface area contributed by atoms with Crippen molar-refractivity contribution in [1.29, 1.82) is 0 Å². The number of amides is 2. The predicted molar refractivity (Wildman–Crippen MR) is 130 cm³/mol.